The SMILES string of the molecule is O=S1(=O)c2ccccc2-c2cccc(-c3ccccc3-n3c4ccccc4c4cc(-c5ccc(-c6nc(-c7ccccc7)nc(-c7ccccc7)n6)cc5)ccc43)c21. The number of rotatable bonds is 6. The van der Waals surface area contributed by atoms with Gasteiger partial charge in [-0.05, 0) is 41.5 Å². The van der Waals surface area contributed by atoms with Gasteiger partial charge in [-0.25, -0.2) is 23.4 Å². The molecule has 274 valence electrons. The summed E-state index contributed by atoms with van der Waals surface area (Å²) in [5, 5.41) is 2.21. The molecule has 0 bridgehead atoms. The number of aromatic nitrogens is 4. The summed E-state index contributed by atoms with van der Waals surface area (Å²) in [6, 6.07) is 64.5. The van der Waals surface area contributed by atoms with Crippen molar-refractivity contribution in [1.82, 2.24) is 19.5 Å². The quantitative estimate of drug-likeness (QED) is 0.168. The van der Waals surface area contributed by atoms with Gasteiger partial charge in [0.2, 0.25) is 9.84 Å². The number of benzene rings is 8. The van der Waals surface area contributed by atoms with Crippen LogP contribution in [0.5, 0.6) is 0 Å². The zero-order valence-electron chi connectivity index (χ0n) is 31.0. The monoisotopic (exact) mass is 764 g/mol. The summed E-state index contributed by atoms with van der Waals surface area (Å²) in [6.45, 7) is 0. The van der Waals surface area contributed by atoms with E-state index in [1.54, 1.807) is 12.1 Å². The molecule has 0 amide bonds. The molecule has 0 spiro atoms. The second kappa shape index (κ2) is 13.3. The zero-order chi connectivity index (χ0) is 38.8. The maximum atomic E-state index is 14.1. The van der Waals surface area contributed by atoms with Gasteiger partial charge in [-0.1, -0.05) is 164 Å². The molecule has 1 aliphatic heterocycles. The summed E-state index contributed by atoms with van der Waals surface area (Å²) in [5.74, 6) is 1.86. The van der Waals surface area contributed by atoms with Crippen LogP contribution in [0.2, 0.25) is 0 Å². The number of hydrogen-bond donors (Lipinski definition) is 0. The molecule has 0 saturated carbocycles. The van der Waals surface area contributed by atoms with E-state index in [1.165, 1.54) is 0 Å². The molecule has 0 N–H and O–H groups in total. The normalized spacial score (nSPS) is 12.8. The minimum atomic E-state index is -3.72. The first-order valence-corrected chi connectivity index (χ1v) is 20.6. The van der Waals surface area contributed by atoms with Crippen molar-refractivity contribution < 1.29 is 8.42 Å². The van der Waals surface area contributed by atoms with Crippen molar-refractivity contribution in [3.05, 3.63) is 194 Å². The maximum absolute atomic E-state index is 14.1. The Bertz CT molecular complexity index is 3280. The van der Waals surface area contributed by atoms with E-state index in [-0.39, 0.29) is 0 Å². The predicted octanol–water partition coefficient (Wildman–Crippen LogP) is 12.1. The van der Waals surface area contributed by atoms with E-state index >= 15 is 0 Å². The third-order valence-corrected chi connectivity index (χ3v) is 12.9. The van der Waals surface area contributed by atoms with Crippen LogP contribution in [-0.4, -0.2) is 27.9 Å². The summed E-state index contributed by atoms with van der Waals surface area (Å²) >= 11 is 0. The molecule has 2 aromatic heterocycles. The van der Waals surface area contributed by atoms with E-state index in [4.69, 9.17) is 15.0 Å². The van der Waals surface area contributed by atoms with Crippen LogP contribution in [-0.2, 0) is 9.84 Å². The van der Waals surface area contributed by atoms with Crippen molar-refractivity contribution in [2.75, 3.05) is 0 Å². The highest BCUT2D eigenvalue weighted by molar-refractivity contribution is 7.92. The minimum Gasteiger partial charge on any atom is -0.309 e. The van der Waals surface area contributed by atoms with Gasteiger partial charge in [0.15, 0.2) is 17.5 Å². The average Bonchev–Trinajstić information content (AvgIpc) is 3.75. The van der Waals surface area contributed by atoms with Crippen molar-refractivity contribution >= 4 is 31.6 Å². The number of hydrogen-bond acceptors (Lipinski definition) is 5. The Kier molecular flexibility index (Phi) is 7.77. The molecule has 0 saturated heterocycles. The van der Waals surface area contributed by atoms with E-state index in [0.29, 0.717) is 32.8 Å². The Morgan fingerprint density at radius 1 is 0.362 bits per heavy atom. The Morgan fingerprint density at radius 2 is 0.845 bits per heavy atom. The summed E-state index contributed by atoms with van der Waals surface area (Å²) in [4.78, 5) is 15.4. The summed E-state index contributed by atoms with van der Waals surface area (Å²) in [5.41, 5.74) is 10.9. The number of nitrogens with zero attached hydrogens (tertiary/aromatic N) is 4. The molecule has 11 rings (SSSR count). The van der Waals surface area contributed by atoms with Crippen molar-refractivity contribution in [1.29, 1.82) is 0 Å². The van der Waals surface area contributed by atoms with Gasteiger partial charge in [0.25, 0.3) is 0 Å². The average molecular weight is 765 g/mol. The summed E-state index contributed by atoms with van der Waals surface area (Å²) in [7, 11) is -3.72. The molecule has 10 aromatic rings. The van der Waals surface area contributed by atoms with Gasteiger partial charge in [0, 0.05) is 49.7 Å². The minimum absolute atomic E-state index is 0.356. The van der Waals surface area contributed by atoms with Crippen LogP contribution in [0.1, 0.15) is 0 Å². The summed E-state index contributed by atoms with van der Waals surface area (Å²) in [6.07, 6.45) is 0. The molecular formula is C51H32N4O2S. The molecule has 7 heteroatoms. The van der Waals surface area contributed by atoms with Gasteiger partial charge in [-0.15, -0.1) is 0 Å². The van der Waals surface area contributed by atoms with Crippen molar-refractivity contribution in [3.8, 4) is 73.2 Å². The van der Waals surface area contributed by atoms with E-state index in [0.717, 1.165) is 72.0 Å². The fraction of sp³-hybridized carbons (Fsp3) is 0. The topological polar surface area (TPSA) is 77.7 Å². The van der Waals surface area contributed by atoms with Gasteiger partial charge >= 0.3 is 0 Å². The first-order chi connectivity index (χ1) is 28.5. The maximum Gasteiger partial charge on any atom is 0.208 e. The van der Waals surface area contributed by atoms with Gasteiger partial charge in [-0.2, -0.15) is 0 Å². The van der Waals surface area contributed by atoms with Crippen molar-refractivity contribution in [2.24, 2.45) is 0 Å². The standard InChI is InChI=1S/C51H32N4O2S/c56-58(57)47-25-12-9-20-40(47)42-22-13-21-41(48(42)58)38-18-7-10-23-44(38)55-45-24-11-8-19-39(45)43-32-37(30-31-46(43)55)33-26-28-36(29-27-33)51-53-49(34-14-3-1-4-15-34)52-50(54-51)35-16-5-2-6-17-35/h1-32H. The van der Waals surface area contributed by atoms with Crippen LogP contribution in [0.25, 0.3) is 95.0 Å². The molecule has 0 unspecified atom stereocenters. The van der Waals surface area contributed by atoms with Crippen LogP contribution < -0.4 is 0 Å². The Hall–Kier alpha value is -7.48. The van der Waals surface area contributed by atoms with Gasteiger partial charge in [0.05, 0.1) is 26.5 Å². The third-order valence-electron chi connectivity index (χ3n) is 11.0. The molecule has 3 heterocycles. The fourth-order valence-corrected chi connectivity index (χ4v) is 10.2. The van der Waals surface area contributed by atoms with E-state index in [9.17, 15) is 8.42 Å². The molecule has 0 atom stereocenters. The smallest absolute Gasteiger partial charge is 0.208 e. The number of para-hydroxylation sites is 2. The number of sulfone groups is 1. The van der Waals surface area contributed by atoms with Gasteiger partial charge in [0.1, 0.15) is 0 Å². The molecule has 0 aliphatic carbocycles. The molecule has 1 aliphatic rings. The largest absolute Gasteiger partial charge is 0.309 e. The Morgan fingerprint density at radius 3 is 1.53 bits per heavy atom. The van der Waals surface area contributed by atoms with Crippen LogP contribution in [0.4, 0.5) is 0 Å². The van der Waals surface area contributed by atoms with Crippen LogP contribution in [0, 0.1) is 0 Å². The predicted molar refractivity (Wildman–Crippen MR) is 232 cm³/mol. The first kappa shape index (κ1) is 33.8. The molecule has 8 aromatic carbocycles. The van der Waals surface area contributed by atoms with Gasteiger partial charge < -0.3 is 4.57 Å². The van der Waals surface area contributed by atoms with Crippen molar-refractivity contribution in [3.63, 3.8) is 0 Å². The summed E-state index contributed by atoms with van der Waals surface area (Å²) < 4.78 is 30.5. The van der Waals surface area contributed by atoms with Crippen LogP contribution >= 0.6 is 0 Å². The van der Waals surface area contributed by atoms with E-state index in [2.05, 4.69) is 77.4 Å². The third kappa shape index (κ3) is 5.39. The fourth-order valence-electron chi connectivity index (χ4n) is 8.34. The second-order valence-electron chi connectivity index (χ2n) is 14.4. The van der Waals surface area contributed by atoms with Crippen LogP contribution in [0.15, 0.2) is 204 Å². The molecular weight excluding hydrogens is 733 g/mol. The zero-order valence-corrected chi connectivity index (χ0v) is 31.8. The second-order valence-corrected chi connectivity index (χ2v) is 16.3. The molecule has 6 nitrogen and oxygen atoms in total. The van der Waals surface area contributed by atoms with E-state index < -0.39 is 9.84 Å². The highest BCUT2D eigenvalue weighted by Gasteiger charge is 2.35. The van der Waals surface area contributed by atoms with Crippen molar-refractivity contribution in [2.45, 2.75) is 9.79 Å². The Balaban J connectivity index is 1.01. The molecule has 0 radical (unpaired) electrons. The van der Waals surface area contributed by atoms with Crippen LogP contribution in [0.3, 0.4) is 0 Å². The molecule has 58 heavy (non-hydrogen) atoms. The number of fused-ring (bicyclic) bond motifs is 6. The highest BCUT2D eigenvalue weighted by atomic mass is 32.2. The highest BCUT2D eigenvalue weighted by Crippen LogP contribution is 2.49. The first-order valence-electron chi connectivity index (χ1n) is 19.1. The van der Waals surface area contributed by atoms with E-state index in [1.807, 2.05) is 109 Å². The lowest BCUT2D eigenvalue weighted by molar-refractivity contribution is 0.599. The Labute approximate surface area is 335 Å². The molecule has 0 fully saturated rings. The lowest BCUT2D eigenvalue weighted by Gasteiger charge is -2.16. The lowest BCUT2D eigenvalue weighted by Crippen LogP contribution is -2.02. The van der Waals surface area contributed by atoms with Gasteiger partial charge in [-0.3, -0.25) is 0 Å². The lowest BCUT2D eigenvalue weighted by atomic mass is 9.98.